The van der Waals surface area contributed by atoms with Crippen LogP contribution >= 0.6 is 0 Å². The first kappa shape index (κ1) is 14.3. The summed E-state index contributed by atoms with van der Waals surface area (Å²) in [7, 11) is 0. The van der Waals surface area contributed by atoms with Gasteiger partial charge in [-0.25, -0.2) is 0 Å². The Bertz CT molecular complexity index is 482. The third-order valence-corrected chi connectivity index (χ3v) is 3.57. The molecule has 1 heterocycles. The van der Waals surface area contributed by atoms with Crippen LogP contribution in [-0.4, -0.2) is 46.1 Å². The van der Waals surface area contributed by atoms with E-state index in [2.05, 4.69) is 5.16 Å². The fourth-order valence-corrected chi connectivity index (χ4v) is 2.41. The monoisotopic (exact) mass is 277 g/mol. The van der Waals surface area contributed by atoms with E-state index in [1.165, 1.54) is 0 Å². The van der Waals surface area contributed by atoms with Gasteiger partial charge in [0.1, 0.15) is 5.92 Å². The first-order valence-corrected chi connectivity index (χ1v) is 6.62. The molecular weight excluding hydrogens is 258 g/mol. The number of carbonyl (C=O) groups excluding carboxylic acids is 1. The van der Waals surface area contributed by atoms with Gasteiger partial charge in [0.2, 0.25) is 5.91 Å². The predicted octanol–water partition coefficient (Wildman–Crippen LogP) is 0.500. The molecule has 20 heavy (non-hydrogen) atoms. The zero-order valence-electron chi connectivity index (χ0n) is 11.1. The van der Waals surface area contributed by atoms with Crippen LogP contribution in [0.3, 0.4) is 0 Å². The van der Waals surface area contributed by atoms with Gasteiger partial charge in [-0.3, -0.25) is 4.79 Å². The SMILES string of the molecule is NC(=NO)C(C(=O)N1CCC(O)CC1)c1ccccc1. The van der Waals surface area contributed by atoms with Crippen LogP contribution in [0.2, 0.25) is 0 Å². The highest BCUT2D eigenvalue weighted by atomic mass is 16.4. The Balaban J connectivity index is 2.21. The van der Waals surface area contributed by atoms with Crippen molar-refractivity contribution in [2.75, 3.05) is 13.1 Å². The number of benzene rings is 1. The maximum atomic E-state index is 12.6. The Morgan fingerprint density at radius 1 is 1.30 bits per heavy atom. The van der Waals surface area contributed by atoms with Crippen LogP contribution in [0.15, 0.2) is 35.5 Å². The minimum absolute atomic E-state index is 0.118. The summed E-state index contributed by atoms with van der Waals surface area (Å²) in [6, 6.07) is 9.01. The van der Waals surface area contributed by atoms with Crippen LogP contribution in [0.1, 0.15) is 24.3 Å². The van der Waals surface area contributed by atoms with E-state index in [1.54, 1.807) is 29.2 Å². The molecule has 0 saturated carbocycles. The number of aliphatic hydroxyl groups is 1. The Hall–Kier alpha value is -2.08. The van der Waals surface area contributed by atoms with Gasteiger partial charge >= 0.3 is 0 Å². The van der Waals surface area contributed by atoms with Crippen LogP contribution in [0, 0.1) is 0 Å². The third kappa shape index (κ3) is 3.08. The van der Waals surface area contributed by atoms with Gasteiger partial charge in [-0.15, -0.1) is 0 Å². The lowest BCUT2D eigenvalue weighted by molar-refractivity contribution is -0.133. The molecule has 1 aliphatic rings. The molecule has 108 valence electrons. The number of amides is 1. The van der Waals surface area contributed by atoms with Crippen molar-refractivity contribution in [3.05, 3.63) is 35.9 Å². The topological polar surface area (TPSA) is 99.2 Å². The van der Waals surface area contributed by atoms with Gasteiger partial charge < -0.3 is 20.9 Å². The number of piperidine rings is 1. The van der Waals surface area contributed by atoms with Crippen molar-refractivity contribution in [3.8, 4) is 0 Å². The Labute approximate surface area is 117 Å². The molecule has 1 fully saturated rings. The summed E-state index contributed by atoms with van der Waals surface area (Å²) in [5.41, 5.74) is 6.38. The van der Waals surface area contributed by atoms with Gasteiger partial charge in [0, 0.05) is 13.1 Å². The first-order valence-electron chi connectivity index (χ1n) is 6.62. The molecule has 0 aliphatic carbocycles. The van der Waals surface area contributed by atoms with Crippen LogP contribution < -0.4 is 5.73 Å². The fraction of sp³-hybridized carbons (Fsp3) is 0.429. The second kappa shape index (κ2) is 6.38. The molecule has 0 radical (unpaired) electrons. The van der Waals surface area contributed by atoms with Gasteiger partial charge in [0.25, 0.3) is 0 Å². The minimum Gasteiger partial charge on any atom is -0.409 e. The summed E-state index contributed by atoms with van der Waals surface area (Å²) < 4.78 is 0. The fourth-order valence-electron chi connectivity index (χ4n) is 2.41. The molecule has 4 N–H and O–H groups in total. The van der Waals surface area contributed by atoms with E-state index in [0.29, 0.717) is 31.5 Å². The van der Waals surface area contributed by atoms with Crippen molar-refractivity contribution in [3.63, 3.8) is 0 Å². The average molecular weight is 277 g/mol. The smallest absolute Gasteiger partial charge is 0.237 e. The number of likely N-dealkylation sites (tertiary alicyclic amines) is 1. The van der Waals surface area contributed by atoms with E-state index in [0.717, 1.165) is 0 Å². The number of rotatable bonds is 3. The maximum Gasteiger partial charge on any atom is 0.237 e. The van der Waals surface area contributed by atoms with E-state index in [4.69, 9.17) is 10.9 Å². The molecular formula is C14H19N3O3. The van der Waals surface area contributed by atoms with Crippen molar-refractivity contribution in [2.45, 2.75) is 24.9 Å². The molecule has 0 bridgehead atoms. The van der Waals surface area contributed by atoms with Gasteiger partial charge in [-0.1, -0.05) is 35.5 Å². The van der Waals surface area contributed by atoms with E-state index < -0.39 is 5.92 Å². The van der Waals surface area contributed by atoms with Crippen LogP contribution in [-0.2, 0) is 4.79 Å². The molecule has 1 atom stereocenters. The summed E-state index contributed by atoms with van der Waals surface area (Å²) in [5, 5.41) is 21.4. The lowest BCUT2D eigenvalue weighted by atomic mass is 9.95. The number of carbonyl (C=O) groups is 1. The minimum atomic E-state index is -0.781. The summed E-state index contributed by atoms with van der Waals surface area (Å²) in [6.07, 6.45) is 0.769. The molecule has 1 unspecified atom stereocenters. The number of hydrogen-bond acceptors (Lipinski definition) is 4. The highest BCUT2D eigenvalue weighted by Gasteiger charge is 2.31. The van der Waals surface area contributed by atoms with Gasteiger partial charge in [0.05, 0.1) is 6.10 Å². The molecule has 1 aromatic carbocycles. The third-order valence-electron chi connectivity index (χ3n) is 3.57. The number of nitrogens with zero attached hydrogens (tertiary/aromatic N) is 2. The Kier molecular flexibility index (Phi) is 4.57. The van der Waals surface area contributed by atoms with Crippen molar-refractivity contribution in [1.82, 2.24) is 4.90 Å². The van der Waals surface area contributed by atoms with E-state index in [1.807, 2.05) is 6.07 Å². The molecule has 2 rings (SSSR count). The van der Waals surface area contributed by atoms with Crippen molar-refractivity contribution >= 4 is 11.7 Å². The lowest BCUT2D eigenvalue weighted by Crippen LogP contribution is -2.45. The number of nitrogens with two attached hydrogens (primary N) is 1. The van der Waals surface area contributed by atoms with E-state index >= 15 is 0 Å². The highest BCUT2D eigenvalue weighted by molar-refractivity contribution is 6.07. The van der Waals surface area contributed by atoms with Crippen molar-refractivity contribution in [2.24, 2.45) is 10.9 Å². The molecule has 1 aromatic rings. The molecule has 1 aliphatic heterocycles. The lowest BCUT2D eigenvalue weighted by Gasteiger charge is -2.32. The number of hydrogen-bond donors (Lipinski definition) is 3. The number of amidine groups is 1. The molecule has 1 saturated heterocycles. The number of oxime groups is 1. The standard InChI is InChI=1S/C14H19N3O3/c15-13(16-20)12(10-4-2-1-3-5-10)14(19)17-8-6-11(18)7-9-17/h1-5,11-12,18,20H,6-9H2,(H2,15,16). The normalized spacial score (nSPS) is 18.9. The molecule has 6 heteroatoms. The summed E-state index contributed by atoms with van der Waals surface area (Å²) in [5.74, 6) is -1.10. The summed E-state index contributed by atoms with van der Waals surface area (Å²) >= 11 is 0. The summed E-state index contributed by atoms with van der Waals surface area (Å²) in [6.45, 7) is 0.976. The van der Waals surface area contributed by atoms with Crippen molar-refractivity contribution < 1.29 is 15.1 Å². The summed E-state index contributed by atoms with van der Waals surface area (Å²) in [4.78, 5) is 14.2. The molecule has 0 spiro atoms. The quantitative estimate of drug-likeness (QED) is 0.324. The van der Waals surface area contributed by atoms with E-state index in [9.17, 15) is 9.90 Å². The molecule has 1 amide bonds. The Morgan fingerprint density at radius 3 is 2.45 bits per heavy atom. The Morgan fingerprint density at radius 2 is 1.90 bits per heavy atom. The average Bonchev–Trinajstić information content (AvgIpc) is 2.49. The largest absolute Gasteiger partial charge is 0.409 e. The molecule has 0 aromatic heterocycles. The maximum absolute atomic E-state index is 12.6. The first-order chi connectivity index (χ1) is 9.63. The van der Waals surface area contributed by atoms with Crippen LogP contribution in [0.5, 0.6) is 0 Å². The highest BCUT2D eigenvalue weighted by Crippen LogP contribution is 2.21. The van der Waals surface area contributed by atoms with Crippen molar-refractivity contribution in [1.29, 1.82) is 0 Å². The number of aliphatic hydroxyl groups excluding tert-OH is 1. The van der Waals surface area contributed by atoms with Gasteiger partial charge in [-0.05, 0) is 18.4 Å². The second-order valence-corrected chi connectivity index (χ2v) is 4.93. The van der Waals surface area contributed by atoms with Crippen LogP contribution in [0.25, 0.3) is 0 Å². The van der Waals surface area contributed by atoms with E-state index in [-0.39, 0.29) is 17.8 Å². The zero-order valence-corrected chi connectivity index (χ0v) is 11.1. The van der Waals surface area contributed by atoms with Crippen LogP contribution in [0.4, 0.5) is 0 Å². The molecule has 6 nitrogen and oxygen atoms in total. The zero-order chi connectivity index (χ0) is 14.5. The van der Waals surface area contributed by atoms with Gasteiger partial charge in [0.15, 0.2) is 5.84 Å². The predicted molar refractivity (Wildman–Crippen MR) is 74.4 cm³/mol. The van der Waals surface area contributed by atoms with Gasteiger partial charge in [-0.2, -0.15) is 0 Å². The second-order valence-electron chi connectivity index (χ2n) is 4.93.